The maximum Gasteiger partial charge on any atom is 0.0780 e. The fourth-order valence-corrected chi connectivity index (χ4v) is 2.78. The zero-order valence-corrected chi connectivity index (χ0v) is 18.1. The number of carboxylic acids is 1. The molecule has 0 bridgehead atoms. The predicted molar refractivity (Wildman–Crippen MR) is 109 cm³/mol. The summed E-state index contributed by atoms with van der Waals surface area (Å²) in [7, 11) is 6.88. The number of rotatable bonds is 16. The molecule has 0 saturated heterocycles. The van der Waals surface area contributed by atoms with E-state index in [1.54, 1.807) is 0 Å². The fourth-order valence-electron chi connectivity index (χ4n) is 2.78. The van der Waals surface area contributed by atoms with Gasteiger partial charge in [0, 0.05) is 5.97 Å². The summed E-state index contributed by atoms with van der Waals surface area (Å²) in [5.41, 5.74) is 0. The van der Waals surface area contributed by atoms with Crippen molar-refractivity contribution in [3.63, 3.8) is 0 Å². The molecule has 0 N–H and O–H groups in total. The number of quaternary nitrogens is 1. The first-order valence-corrected chi connectivity index (χ1v) is 10.8. The van der Waals surface area contributed by atoms with E-state index in [-0.39, 0.29) is 6.42 Å². The molecule has 0 radical (unpaired) electrons. The first kappa shape index (κ1) is 26.7. The van der Waals surface area contributed by atoms with E-state index in [1.807, 2.05) is 0 Å². The molecule has 0 fully saturated rings. The first-order chi connectivity index (χ1) is 11.8. The number of hydrogen-bond donors (Lipinski definition) is 0. The molecule has 0 amide bonds. The van der Waals surface area contributed by atoms with E-state index in [1.165, 1.54) is 103 Å². The van der Waals surface area contributed by atoms with Crippen LogP contribution in [0.3, 0.4) is 0 Å². The molecule has 3 heteroatoms. The maximum atomic E-state index is 9.26. The molecule has 0 aliphatic rings. The molecular formula is C22H47NO2. The van der Waals surface area contributed by atoms with E-state index in [2.05, 4.69) is 28.1 Å². The molecular weight excluding hydrogens is 310 g/mol. The quantitative estimate of drug-likeness (QED) is 0.277. The van der Waals surface area contributed by atoms with E-state index in [0.717, 1.165) is 4.48 Å². The molecule has 0 heterocycles. The van der Waals surface area contributed by atoms with Gasteiger partial charge in [-0.1, -0.05) is 90.9 Å². The van der Waals surface area contributed by atoms with Crippen LogP contribution in [0.25, 0.3) is 0 Å². The minimum Gasteiger partial charge on any atom is -0.550 e. The van der Waals surface area contributed by atoms with Gasteiger partial charge < -0.3 is 14.4 Å². The lowest BCUT2D eigenvalue weighted by Gasteiger charge is -2.23. The summed E-state index contributed by atoms with van der Waals surface area (Å²) in [4.78, 5) is 9.26. The minimum absolute atomic E-state index is 0.111. The lowest BCUT2D eigenvalue weighted by molar-refractivity contribution is -0.870. The van der Waals surface area contributed by atoms with Crippen molar-refractivity contribution >= 4 is 5.97 Å². The molecule has 0 unspecified atom stereocenters. The Kier molecular flexibility index (Phi) is 21.1. The average molecular weight is 358 g/mol. The van der Waals surface area contributed by atoms with Gasteiger partial charge in [0.25, 0.3) is 0 Å². The lowest BCUT2D eigenvalue weighted by Crippen LogP contribution is -2.35. The Morgan fingerprint density at radius 2 is 0.920 bits per heavy atom. The summed E-state index contributed by atoms with van der Waals surface area (Å²) in [6.07, 6.45) is 20.5. The number of carbonyl (C=O) groups excluding carboxylic acids is 1. The Hall–Kier alpha value is -0.570. The Bertz CT molecular complexity index is 272. The topological polar surface area (TPSA) is 40.1 Å². The average Bonchev–Trinajstić information content (AvgIpc) is 2.54. The second-order valence-corrected chi connectivity index (χ2v) is 8.34. The zero-order chi connectivity index (χ0) is 19.4. The molecule has 0 aliphatic heterocycles. The number of carboxylic acid groups (broad SMARTS) is 1. The summed E-state index contributed by atoms with van der Waals surface area (Å²) in [5.74, 6) is -0.995. The lowest BCUT2D eigenvalue weighted by atomic mass is 10.0. The standard InChI is InChI=1S/C19H42N.C3H6O2/c1-5-6-7-8-9-10-11-12-13-14-15-16-17-18-19-20(2,3)4;1-2-3(4)5/h5-19H2,1-4H3;2H2,1H3,(H,4,5)/q+1;/p-1. The van der Waals surface area contributed by atoms with Crippen LogP contribution in [0.5, 0.6) is 0 Å². The van der Waals surface area contributed by atoms with Gasteiger partial charge in [0.2, 0.25) is 0 Å². The van der Waals surface area contributed by atoms with E-state index < -0.39 is 5.97 Å². The molecule has 25 heavy (non-hydrogen) atoms. The molecule has 0 aliphatic carbocycles. The summed E-state index contributed by atoms with van der Waals surface area (Å²) < 4.78 is 1.12. The van der Waals surface area contributed by atoms with E-state index >= 15 is 0 Å². The minimum atomic E-state index is -0.995. The predicted octanol–water partition coefficient (Wildman–Crippen LogP) is 5.32. The van der Waals surface area contributed by atoms with Crippen molar-refractivity contribution in [3.8, 4) is 0 Å². The molecule has 0 rings (SSSR count). The van der Waals surface area contributed by atoms with Crippen molar-refractivity contribution in [3.05, 3.63) is 0 Å². The molecule has 0 atom stereocenters. The summed E-state index contributed by atoms with van der Waals surface area (Å²) in [5, 5.41) is 9.26. The van der Waals surface area contributed by atoms with E-state index in [0.29, 0.717) is 0 Å². The van der Waals surface area contributed by atoms with Crippen LogP contribution >= 0.6 is 0 Å². The van der Waals surface area contributed by atoms with Crippen LogP contribution in [-0.4, -0.2) is 38.1 Å². The van der Waals surface area contributed by atoms with Crippen LogP contribution in [0.4, 0.5) is 0 Å². The maximum absolute atomic E-state index is 9.26. The third-order valence-corrected chi connectivity index (χ3v) is 4.47. The third-order valence-electron chi connectivity index (χ3n) is 4.47. The van der Waals surface area contributed by atoms with Crippen LogP contribution in [0.1, 0.15) is 110 Å². The van der Waals surface area contributed by atoms with Gasteiger partial charge in [0.05, 0.1) is 27.7 Å². The monoisotopic (exact) mass is 357 g/mol. The molecule has 0 saturated carbocycles. The van der Waals surface area contributed by atoms with Gasteiger partial charge >= 0.3 is 0 Å². The van der Waals surface area contributed by atoms with Crippen molar-refractivity contribution in [2.75, 3.05) is 27.7 Å². The zero-order valence-electron chi connectivity index (χ0n) is 18.1. The summed E-state index contributed by atoms with van der Waals surface area (Å²) >= 11 is 0. The Morgan fingerprint density at radius 1 is 0.640 bits per heavy atom. The van der Waals surface area contributed by atoms with Gasteiger partial charge in [-0.25, -0.2) is 0 Å². The summed E-state index contributed by atoms with van der Waals surface area (Å²) in [6, 6.07) is 0. The number of hydrogen-bond acceptors (Lipinski definition) is 2. The smallest absolute Gasteiger partial charge is 0.0780 e. The highest BCUT2D eigenvalue weighted by atomic mass is 16.4. The van der Waals surface area contributed by atoms with Crippen molar-refractivity contribution in [2.45, 2.75) is 110 Å². The Labute approximate surface area is 158 Å². The van der Waals surface area contributed by atoms with Crippen molar-refractivity contribution in [2.24, 2.45) is 0 Å². The largest absolute Gasteiger partial charge is 0.550 e. The molecule has 0 aromatic rings. The number of aliphatic carboxylic acids is 1. The number of carbonyl (C=O) groups is 1. The second kappa shape index (κ2) is 19.8. The first-order valence-electron chi connectivity index (χ1n) is 10.8. The van der Waals surface area contributed by atoms with Gasteiger partial charge in [-0.05, 0) is 19.3 Å². The molecule has 0 aromatic carbocycles. The molecule has 152 valence electrons. The Balaban J connectivity index is 0. The van der Waals surface area contributed by atoms with E-state index in [9.17, 15) is 9.90 Å². The van der Waals surface area contributed by atoms with Gasteiger partial charge in [-0.2, -0.15) is 0 Å². The van der Waals surface area contributed by atoms with Gasteiger partial charge in [0.15, 0.2) is 0 Å². The highest BCUT2D eigenvalue weighted by Crippen LogP contribution is 2.13. The number of unbranched alkanes of at least 4 members (excludes halogenated alkanes) is 13. The van der Waals surface area contributed by atoms with Crippen LogP contribution < -0.4 is 5.11 Å². The highest BCUT2D eigenvalue weighted by molar-refractivity contribution is 5.63. The SMILES string of the molecule is CCC(=O)[O-].CCCCCCCCCCCCCCCC[N+](C)(C)C. The molecule has 0 aromatic heterocycles. The van der Waals surface area contributed by atoms with Gasteiger partial charge in [-0.15, -0.1) is 0 Å². The van der Waals surface area contributed by atoms with Crippen LogP contribution in [0.2, 0.25) is 0 Å². The molecule has 0 spiro atoms. The summed E-state index contributed by atoms with van der Waals surface area (Å²) in [6.45, 7) is 5.16. The van der Waals surface area contributed by atoms with E-state index in [4.69, 9.17) is 0 Å². The van der Waals surface area contributed by atoms with Crippen LogP contribution in [0, 0.1) is 0 Å². The van der Waals surface area contributed by atoms with Crippen molar-refractivity contribution < 1.29 is 14.4 Å². The molecule has 3 nitrogen and oxygen atoms in total. The fraction of sp³-hybridized carbons (Fsp3) is 0.955. The normalized spacial score (nSPS) is 11.1. The van der Waals surface area contributed by atoms with Crippen LogP contribution in [0.15, 0.2) is 0 Å². The van der Waals surface area contributed by atoms with Crippen molar-refractivity contribution in [1.82, 2.24) is 0 Å². The number of nitrogens with zero attached hydrogens (tertiary/aromatic N) is 1. The second-order valence-electron chi connectivity index (χ2n) is 8.34. The highest BCUT2D eigenvalue weighted by Gasteiger charge is 2.04. The third kappa shape index (κ3) is 31.7. The Morgan fingerprint density at radius 3 is 1.16 bits per heavy atom. The van der Waals surface area contributed by atoms with Crippen LogP contribution in [-0.2, 0) is 4.79 Å². The van der Waals surface area contributed by atoms with Gasteiger partial charge in [-0.3, -0.25) is 0 Å². The van der Waals surface area contributed by atoms with Crippen molar-refractivity contribution in [1.29, 1.82) is 0 Å². The van der Waals surface area contributed by atoms with Gasteiger partial charge in [0.1, 0.15) is 0 Å².